The molecule has 2 N–H and O–H groups in total. The van der Waals surface area contributed by atoms with E-state index in [4.69, 9.17) is 4.74 Å². The number of carbonyl (C=O) groups is 1. The Balaban J connectivity index is 2.30. The lowest BCUT2D eigenvalue weighted by molar-refractivity contribution is -0.147. The van der Waals surface area contributed by atoms with Gasteiger partial charge >= 0.3 is 5.97 Å². The Labute approximate surface area is 184 Å². The van der Waals surface area contributed by atoms with Gasteiger partial charge in [-0.2, -0.15) is 0 Å². The van der Waals surface area contributed by atoms with Crippen LogP contribution in [0.1, 0.15) is 104 Å². The molecule has 0 aromatic heterocycles. The highest BCUT2D eigenvalue weighted by Crippen LogP contribution is 2.39. The first kappa shape index (κ1) is 26.9. The van der Waals surface area contributed by atoms with Gasteiger partial charge in [-0.1, -0.05) is 56.9 Å². The van der Waals surface area contributed by atoms with Crippen LogP contribution in [-0.2, 0) is 9.53 Å². The predicted octanol–water partition coefficient (Wildman–Crippen LogP) is 6.11. The summed E-state index contributed by atoms with van der Waals surface area (Å²) in [5.74, 6) is 0.111. The first-order valence-corrected chi connectivity index (χ1v) is 12.2. The SMILES string of the molecule is C=C(CCCCCCC)CC[C@@H]1[C@@H](C/C=C\CCCC(=O)OC(C)C)[C@@H](O)C[C@H]1O. The molecule has 0 aromatic carbocycles. The van der Waals surface area contributed by atoms with Gasteiger partial charge in [-0.25, -0.2) is 0 Å². The lowest BCUT2D eigenvalue weighted by Crippen LogP contribution is -2.21. The van der Waals surface area contributed by atoms with E-state index in [1.807, 2.05) is 13.8 Å². The van der Waals surface area contributed by atoms with Crippen LogP contribution < -0.4 is 0 Å². The highest BCUT2D eigenvalue weighted by molar-refractivity contribution is 5.69. The van der Waals surface area contributed by atoms with Gasteiger partial charge in [-0.05, 0) is 77.0 Å². The van der Waals surface area contributed by atoms with Gasteiger partial charge in [0.15, 0.2) is 0 Å². The van der Waals surface area contributed by atoms with Gasteiger partial charge < -0.3 is 14.9 Å². The number of ether oxygens (including phenoxy) is 1. The molecule has 0 heterocycles. The lowest BCUT2D eigenvalue weighted by atomic mass is 9.85. The average molecular weight is 423 g/mol. The summed E-state index contributed by atoms with van der Waals surface area (Å²) < 4.78 is 5.13. The predicted molar refractivity (Wildman–Crippen MR) is 124 cm³/mol. The molecule has 1 saturated carbocycles. The van der Waals surface area contributed by atoms with Crippen LogP contribution in [0.25, 0.3) is 0 Å². The Bertz CT molecular complexity index is 511. The van der Waals surface area contributed by atoms with E-state index >= 15 is 0 Å². The summed E-state index contributed by atoms with van der Waals surface area (Å²) in [5, 5.41) is 20.8. The summed E-state index contributed by atoms with van der Waals surface area (Å²) in [4.78, 5) is 11.5. The first-order chi connectivity index (χ1) is 14.3. The molecule has 0 saturated heterocycles. The number of hydrogen-bond donors (Lipinski definition) is 2. The van der Waals surface area contributed by atoms with E-state index in [0.717, 1.165) is 38.5 Å². The lowest BCUT2D eigenvalue weighted by Gasteiger charge is -2.23. The van der Waals surface area contributed by atoms with Crippen molar-refractivity contribution >= 4 is 5.97 Å². The molecule has 1 fully saturated rings. The Morgan fingerprint density at radius 2 is 1.70 bits per heavy atom. The van der Waals surface area contributed by atoms with Crippen molar-refractivity contribution in [2.24, 2.45) is 11.8 Å². The van der Waals surface area contributed by atoms with Crippen molar-refractivity contribution in [1.29, 1.82) is 0 Å². The maximum atomic E-state index is 11.5. The highest BCUT2D eigenvalue weighted by atomic mass is 16.5. The third kappa shape index (κ3) is 11.3. The number of carbonyl (C=O) groups excluding carboxylic acids is 1. The van der Waals surface area contributed by atoms with E-state index in [1.54, 1.807) is 0 Å². The molecule has 0 bridgehead atoms. The van der Waals surface area contributed by atoms with Crippen molar-refractivity contribution < 1.29 is 19.7 Å². The van der Waals surface area contributed by atoms with Crippen molar-refractivity contribution in [2.75, 3.05) is 0 Å². The van der Waals surface area contributed by atoms with Crippen LogP contribution in [0.2, 0.25) is 0 Å². The summed E-state index contributed by atoms with van der Waals surface area (Å²) >= 11 is 0. The van der Waals surface area contributed by atoms with Gasteiger partial charge in [-0.15, -0.1) is 0 Å². The normalized spacial score (nSPS) is 24.1. The van der Waals surface area contributed by atoms with Crippen LogP contribution in [0.4, 0.5) is 0 Å². The van der Waals surface area contributed by atoms with Crippen LogP contribution in [0.3, 0.4) is 0 Å². The molecule has 4 atom stereocenters. The van der Waals surface area contributed by atoms with Crippen LogP contribution in [0.15, 0.2) is 24.3 Å². The monoisotopic (exact) mass is 422 g/mol. The second-order valence-corrected chi connectivity index (χ2v) is 9.29. The second-order valence-electron chi connectivity index (χ2n) is 9.29. The first-order valence-electron chi connectivity index (χ1n) is 12.2. The quantitative estimate of drug-likeness (QED) is 0.179. The number of rotatable bonds is 16. The molecule has 174 valence electrons. The molecule has 4 heteroatoms. The molecule has 4 nitrogen and oxygen atoms in total. The molecule has 30 heavy (non-hydrogen) atoms. The van der Waals surface area contributed by atoms with Crippen LogP contribution in [-0.4, -0.2) is 34.5 Å². The highest BCUT2D eigenvalue weighted by Gasteiger charge is 2.40. The molecular weight excluding hydrogens is 376 g/mol. The molecule has 0 aromatic rings. The standard InChI is InChI=1S/C26H46O4/c1-5-6-7-8-11-14-21(4)17-18-23-22(24(27)19-25(23)28)15-12-9-10-13-16-26(29)30-20(2)3/h9,12,20,22-25,27-28H,4-8,10-11,13-19H2,1-3H3/b12-9-/t22-,23-,24+,25-/m1/s1. The summed E-state index contributed by atoms with van der Waals surface area (Å²) in [6.45, 7) is 10.2. The second kappa shape index (κ2) is 15.6. The van der Waals surface area contributed by atoms with Gasteiger partial charge in [-0.3, -0.25) is 4.79 Å². The van der Waals surface area contributed by atoms with E-state index in [2.05, 4.69) is 25.7 Å². The van der Waals surface area contributed by atoms with Crippen molar-refractivity contribution in [2.45, 2.75) is 123 Å². The maximum Gasteiger partial charge on any atom is 0.306 e. The third-order valence-electron chi connectivity index (χ3n) is 6.18. The fraction of sp³-hybridized carbons (Fsp3) is 0.808. The zero-order chi connectivity index (χ0) is 22.4. The fourth-order valence-corrected chi connectivity index (χ4v) is 4.44. The van der Waals surface area contributed by atoms with Crippen LogP contribution >= 0.6 is 0 Å². The summed E-state index contributed by atoms with van der Waals surface area (Å²) in [5.41, 5.74) is 1.28. The minimum atomic E-state index is -0.432. The number of aliphatic hydroxyl groups is 2. The number of aliphatic hydroxyl groups excluding tert-OH is 2. The zero-order valence-corrected chi connectivity index (χ0v) is 19.7. The molecule has 0 aliphatic heterocycles. The summed E-state index contributed by atoms with van der Waals surface area (Å²) in [7, 11) is 0. The van der Waals surface area contributed by atoms with Crippen LogP contribution in [0.5, 0.6) is 0 Å². The zero-order valence-electron chi connectivity index (χ0n) is 19.7. The largest absolute Gasteiger partial charge is 0.463 e. The number of unbranched alkanes of at least 4 members (excludes halogenated alkanes) is 5. The Hall–Kier alpha value is -1.13. The Morgan fingerprint density at radius 1 is 1.00 bits per heavy atom. The topological polar surface area (TPSA) is 66.8 Å². The van der Waals surface area contributed by atoms with Gasteiger partial charge in [0.05, 0.1) is 18.3 Å². The third-order valence-corrected chi connectivity index (χ3v) is 6.18. The molecule has 1 rings (SSSR count). The Morgan fingerprint density at radius 3 is 2.40 bits per heavy atom. The van der Waals surface area contributed by atoms with Gasteiger partial charge in [0.1, 0.15) is 0 Å². The van der Waals surface area contributed by atoms with E-state index < -0.39 is 12.2 Å². The van der Waals surface area contributed by atoms with E-state index in [9.17, 15) is 15.0 Å². The molecule has 0 radical (unpaired) electrons. The van der Waals surface area contributed by atoms with Crippen molar-refractivity contribution in [3.8, 4) is 0 Å². The minimum Gasteiger partial charge on any atom is -0.463 e. The van der Waals surface area contributed by atoms with E-state index in [1.165, 1.54) is 37.7 Å². The van der Waals surface area contributed by atoms with Crippen LogP contribution in [0, 0.1) is 11.8 Å². The Kier molecular flexibility index (Phi) is 14.0. The number of hydrogen-bond acceptors (Lipinski definition) is 4. The van der Waals surface area contributed by atoms with Crippen molar-refractivity contribution in [3.05, 3.63) is 24.3 Å². The molecular formula is C26H46O4. The molecule has 0 amide bonds. The molecule has 1 aliphatic rings. The summed E-state index contributed by atoms with van der Waals surface area (Å²) in [6.07, 6.45) is 15.9. The molecule has 0 unspecified atom stereocenters. The molecule has 1 aliphatic carbocycles. The van der Waals surface area contributed by atoms with Crippen molar-refractivity contribution in [1.82, 2.24) is 0 Å². The van der Waals surface area contributed by atoms with Crippen molar-refractivity contribution in [3.63, 3.8) is 0 Å². The van der Waals surface area contributed by atoms with E-state index in [-0.39, 0.29) is 23.9 Å². The minimum absolute atomic E-state index is 0.0580. The maximum absolute atomic E-state index is 11.5. The van der Waals surface area contributed by atoms with E-state index in [0.29, 0.717) is 12.8 Å². The number of esters is 1. The molecule has 0 spiro atoms. The van der Waals surface area contributed by atoms with Gasteiger partial charge in [0.25, 0.3) is 0 Å². The van der Waals surface area contributed by atoms with Gasteiger partial charge in [0.2, 0.25) is 0 Å². The number of allylic oxidation sites excluding steroid dienone is 3. The summed E-state index contributed by atoms with van der Waals surface area (Å²) in [6, 6.07) is 0. The fourth-order valence-electron chi connectivity index (χ4n) is 4.44. The van der Waals surface area contributed by atoms with Gasteiger partial charge in [0, 0.05) is 6.42 Å². The smallest absolute Gasteiger partial charge is 0.306 e. The average Bonchev–Trinajstić information content (AvgIpc) is 2.94.